The lowest BCUT2D eigenvalue weighted by atomic mass is 10.2. The summed E-state index contributed by atoms with van der Waals surface area (Å²) in [5.74, 6) is 0. The molecule has 1 saturated heterocycles. The van der Waals surface area contributed by atoms with Crippen molar-refractivity contribution < 1.29 is 0 Å². The molecule has 1 aliphatic heterocycles. The Bertz CT molecular complexity index is 112. The highest BCUT2D eigenvalue weighted by molar-refractivity contribution is 4.75. The Kier molecular flexibility index (Phi) is 3.34. The first-order valence-electron chi connectivity index (χ1n) is 4.68. The van der Waals surface area contributed by atoms with Crippen LogP contribution in [0.2, 0.25) is 0 Å². The van der Waals surface area contributed by atoms with Crippen molar-refractivity contribution in [3.63, 3.8) is 0 Å². The third-order valence-corrected chi connectivity index (χ3v) is 2.52. The summed E-state index contributed by atoms with van der Waals surface area (Å²) in [4.78, 5) is 2.57. The quantitative estimate of drug-likeness (QED) is 0.611. The van der Waals surface area contributed by atoms with E-state index in [9.17, 15) is 0 Å². The molecule has 0 spiro atoms. The van der Waals surface area contributed by atoms with Crippen LogP contribution in [-0.2, 0) is 0 Å². The van der Waals surface area contributed by atoms with Gasteiger partial charge in [0.1, 0.15) is 0 Å². The second kappa shape index (κ2) is 4.07. The zero-order chi connectivity index (χ0) is 8.27. The van der Waals surface area contributed by atoms with Gasteiger partial charge in [-0.15, -0.1) is 0 Å². The summed E-state index contributed by atoms with van der Waals surface area (Å²) < 4.78 is 0. The second-order valence-electron chi connectivity index (χ2n) is 3.72. The van der Waals surface area contributed by atoms with Crippen molar-refractivity contribution >= 4 is 0 Å². The molecule has 11 heavy (non-hydrogen) atoms. The predicted octanol–water partition coefficient (Wildman–Crippen LogP) is 1.08. The van der Waals surface area contributed by atoms with E-state index in [1.54, 1.807) is 0 Å². The molecule has 2 heteroatoms. The minimum absolute atomic E-state index is 0.699. The van der Waals surface area contributed by atoms with Crippen molar-refractivity contribution in [3.8, 4) is 0 Å². The SMILES string of the molecule is CC(C)N1CCNCCC1C. The summed E-state index contributed by atoms with van der Waals surface area (Å²) >= 11 is 0. The Hall–Kier alpha value is -0.0800. The molecule has 1 heterocycles. The van der Waals surface area contributed by atoms with Gasteiger partial charge in [-0.2, -0.15) is 0 Å². The highest BCUT2D eigenvalue weighted by Crippen LogP contribution is 2.09. The smallest absolute Gasteiger partial charge is 0.0112 e. The van der Waals surface area contributed by atoms with Gasteiger partial charge in [0.2, 0.25) is 0 Å². The van der Waals surface area contributed by atoms with E-state index in [1.165, 1.54) is 19.5 Å². The van der Waals surface area contributed by atoms with Crippen LogP contribution < -0.4 is 5.32 Å². The molecule has 1 N–H and O–H groups in total. The van der Waals surface area contributed by atoms with Crippen LogP contribution in [0.3, 0.4) is 0 Å². The van der Waals surface area contributed by atoms with E-state index in [4.69, 9.17) is 0 Å². The average molecular weight is 156 g/mol. The van der Waals surface area contributed by atoms with Crippen molar-refractivity contribution in [1.82, 2.24) is 10.2 Å². The summed E-state index contributed by atoms with van der Waals surface area (Å²) in [6.45, 7) is 10.4. The standard InChI is InChI=1S/C9H20N2/c1-8(2)11-7-6-10-5-4-9(11)3/h8-10H,4-7H2,1-3H3. The molecule has 0 aliphatic carbocycles. The number of hydrogen-bond donors (Lipinski definition) is 1. The lowest BCUT2D eigenvalue weighted by Crippen LogP contribution is -2.39. The van der Waals surface area contributed by atoms with Crippen molar-refractivity contribution in [1.29, 1.82) is 0 Å². The van der Waals surface area contributed by atoms with E-state index in [2.05, 4.69) is 31.0 Å². The first-order valence-corrected chi connectivity index (χ1v) is 4.68. The fraction of sp³-hybridized carbons (Fsp3) is 1.00. The Morgan fingerprint density at radius 1 is 1.36 bits per heavy atom. The van der Waals surface area contributed by atoms with Gasteiger partial charge in [-0.25, -0.2) is 0 Å². The first kappa shape index (κ1) is 9.01. The van der Waals surface area contributed by atoms with E-state index >= 15 is 0 Å². The summed E-state index contributed by atoms with van der Waals surface area (Å²) in [6.07, 6.45) is 1.29. The molecular weight excluding hydrogens is 136 g/mol. The van der Waals surface area contributed by atoms with Crippen LogP contribution in [-0.4, -0.2) is 36.6 Å². The van der Waals surface area contributed by atoms with E-state index in [0.717, 1.165) is 12.6 Å². The van der Waals surface area contributed by atoms with E-state index in [0.29, 0.717) is 6.04 Å². The van der Waals surface area contributed by atoms with Gasteiger partial charge >= 0.3 is 0 Å². The lowest BCUT2D eigenvalue weighted by Gasteiger charge is -2.30. The topological polar surface area (TPSA) is 15.3 Å². The van der Waals surface area contributed by atoms with Crippen LogP contribution in [0.25, 0.3) is 0 Å². The summed E-state index contributed by atoms with van der Waals surface area (Å²) in [5, 5.41) is 3.42. The fourth-order valence-corrected chi connectivity index (χ4v) is 1.80. The Labute approximate surface area is 70.0 Å². The maximum absolute atomic E-state index is 3.42. The minimum atomic E-state index is 0.699. The zero-order valence-electron chi connectivity index (χ0n) is 7.93. The highest BCUT2D eigenvalue weighted by atomic mass is 15.2. The van der Waals surface area contributed by atoms with Crippen molar-refractivity contribution in [3.05, 3.63) is 0 Å². The van der Waals surface area contributed by atoms with Gasteiger partial charge in [-0.1, -0.05) is 0 Å². The van der Waals surface area contributed by atoms with Crippen LogP contribution in [0.1, 0.15) is 27.2 Å². The van der Waals surface area contributed by atoms with Gasteiger partial charge in [0.05, 0.1) is 0 Å². The maximum atomic E-state index is 3.42. The minimum Gasteiger partial charge on any atom is -0.315 e. The molecular formula is C9H20N2. The monoisotopic (exact) mass is 156 g/mol. The molecule has 1 fully saturated rings. The van der Waals surface area contributed by atoms with Gasteiger partial charge in [0, 0.05) is 25.2 Å². The van der Waals surface area contributed by atoms with Gasteiger partial charge in [-0.05, 0) is 33.7 Å². The zero-order valence-corrected chi connectivity index (χ0v) is 7.93. The molecule has 1 rings (SSSR count). The van der Waals surface area contributed by atoms with Crippen LogP contribution in [0, 0.1) is 0 Å². The molecule has 66 valence electrons. The van der Waals surface area contributed by atoms with E-state index in [-0.39, 0.29) is 0 Å². The largest absolute Gasteiger partial charge is 0.315 e. The van der Waals surface area contributed by atoms with Crippen molar-refractivity contribution in [2.45, 2.75) is 39.3 Å². The number of nitrogens with one attached hydrogen (secondary N) is 1. The van der Waals surface area contributed by atoms with Crippen LogP contribution in [0.15, 0.2) is 0 Å². The summed E-state index contributed by atoms with van der Waals surface area (Å²) in [6, 6.07) is 1.45. The molecule has 2 nitrogen and oxygen atoms in total. The number of rotatable bonds is 1. The Morgan fingerprint density at radius 2 is 2.09 bits per heavy atom. The van der Waals surface area contributed by atoms with E-state index in [1.807, 2.05) is 0 Å². The predicted molar refractivity (Wildman–Crippen MR) is 48.8 cm³/mol. The fourth-order valence-electron chi connectivity index (χ4n) is 1.80. The Morgan fingerprint density at radius 3 is 2.73 bits per heavy atom. The van der Waals surface area contributed by atoms with Gasteiger partial charge in [0.25, 0.3) is 0 Å². The van der Waals surface area contributed by atoms with Gasteiger partial charge < -0.3 is 5.32 Å². The second-order valence-corrected chi connectivity index (χ2v) is 3.72. The first-order chi connectivity index (χ1) is 5.22. The van der Waals surface area contributed by atoms with Crippen LogP contribution in [0.4, 0.5) is 0 Å². The van der Waals surface area contributed by atoms with E-state index < -0.39 is 0 Å². The highest BCUT2D eigenvalue weighted by Gasteiger charge is 2.18. The molecule has 1 unspecified atom stereocenters. The Balaban J connectivity index is 2.45. The molecule has 0 aromatic heterocycles. The molecule has 0 radical (unpaired) electrons. The number of hydrogen-bond acceptors (Lipinski definition) is 2. The molecule has 0 amide bonds. The van der Waals surface area contributed by atoms with Crippen molar-refractivity contribution in [2.75, 3.05) is 19.6 Å². The molecule has 0 bridgehead atoms. The third-order valence-electron chi connectivity index (χ3n) is 2.52. The molecule has 0 aromatic rings. The van der Waals surface area contributed by atoms with Crippen LogP contribution in [0.5, 0.6) is 0 Å². The molecule has 1 aliphatic rings. The number of nitrogens with zero attached hydrogens (tertiary/aromatic N) is 1. The lowest BCUT2D eigenvalue weighted by molar-refractivity contribution is 0.174. The molecule has 0 aromatic carbocycles. The van der Waals surface area contributed by atoms with Crippen molar-refractivity contribution in [2.24, 2.45) is 0 Å². The molecule has 0 saturated carbocycles. The van der Waals surface area contributed by atoms with Gasteiger partial charge in [-0.3, -0.25) is 4.90 Å². The van der Waals surface area contributed by atoms with Gasteiger partial charge in [0.15, 0.2) is 0 Å². The molecule has 1 atom stereocenters. The maximum Gasteiger partial charge on any atom is 0.0112 e. The third kappa shape index (κ3) is 2.46. The normalized spacial score (nSPS) is 28.9. The summed E-state index contributed by atoms with van der Waals surface area (Å²) in [7, 11) is 0. The average Bonchev–Trinajstić information content (AvgIpc) is 2.13. The van der Waals surface area contributed by atoms with Crippen LogP contribution >= 0.6 is 0 Å². The summed E-state index contributed by atoms with van der Waals surface area (Å²) in [5.41, 5.74) is 0.